The Morgan fingerprint density at radius 2 is 1.80 bits per heavy atom. The second-order valence-corrected chi connectivity index (χ2v) is 13.0. The van der Waals surface area contributed by atoms with E-state index >= 15 is 0 Å². The van der Waals surface area contributed by atoms with Gasteiger partial charge < -0.3 is 14.6 Å². The van der Waals surface area contributed by atoms with Gasteiger partial charge in [0.1, 0.15) is 11.1 Å². The van der Waals surface area contributed by atoms with Gasteiger partial charge in [-0.25, -0.2) is 0 Å². The first-order chi connectivity index (χ1) is 17.0. The first-order valence-corrected chi connectivity index (χ1v) is 14.9. The fourth-order valence-corrected chi connectivity index (χ4v) is 9.92. The number of nitrogens with zero attached hydrogens (tertiary/aromatic N) is 1. The average molecular weight is 552 g/mol. The van der Waals surface area contributed by atoms with Gasteiger partial charge in [0, 0.05) is 32.0 Å². The SMILES string of the molecule is CCOc1ccc2[nH]c(-c3ccccc3Br)c(C3SCC(=O)N3C34CC5CC(CC(C5)C3)C4)c2c1. The van der Waals surface area contributed by atoms with Crippen molar-refractivity contribution >= 4 is 44.5 Å². The van der Waals surface area contributed by atoms with E-state index in [0.717, 1.165) is 44.8 Å². The number of ether oxygens (including phenoxy) is 1. The molecule has 1 unspecified atom stereocenters. The lowest BCUT2D eigenvalue weighted by Crippen LogP contribution is -2.60. The van der Waals surface area contributed by atoms with E-state index in [4.69, 9.17) is 4.74 Å². The van der Waals surface area contributed by atoms with E-state index < -0.39 is 0 Å². The Morgan fingerprint density at radius 3 is 2.49 bits per heavy atom. The number of H-pyrrole nitrogens is 1. The van der Waals surface area contributed by atoms with Crippen LogP contribution in [0.25, 0.3) is 22.2 Å². The van der Waals surface area contributed by atoms with Gasteiger partial charge in [0.2, 0.25) is 5.91 Å². The molecule has 1 atom stereocenters. The van der Waals surface area contributed by atoms with E-state index in [9.17, 15) is 4.79 Å². The maximum Gasteiger partial charge on any atom is 0.234 e. The Balaban J connectivity index is 1.41. The number of thioether (sulfide) groups is 1. The standard InChI is InChI=1S/C29H31BrN2O2S/c1-2-34-20-7-8-24-22(12-20)26(27(31-24)21-5-3-4-6-23(21)30)28-32(25(33)16-35-28)29-13-17-9-18(14-29)11-19(10-17)15-29/h3-8,12,17-19,28,31H,2,9-11,13-16H2,1H3. The zero-order valence-electron chi connectivity index (χ0n) is 20.1. The molecule has 182 valence electrons. The van der Waals surface area contributed by atoms with Crippen LogP contribution in [0.3, 0.4) is 0 Å². The molecule has 1 aromatic heterocycles. The maximum atomic E-state index is 13.7. The van der Waals surface area contributed by atoms with Crippen LogP contribution in [0.5, 0.6) is 5.75 Å². The lowest BCUT2D eigenvalue weighted by Gasteiger charge is -2.60. The van der Waals surface area contributed by atoms with E-state index in [-0.39, 0.29) is 10.9 Å². The van der Waals surface area contributed by atoms with Gasteiger partial charge >= 0.3 is 0 Å². The number of carbonyl (C=O) groups is 1. The van der Waals surface area contributed by atoms with Crippen LogP contribution in [0.1, 0.15) is 56.4 Å². The van der Waals surface area contributed by atoms with Crippen LogP contribution >= 0.6 is 27.7 Å². The van der Waals surface area contributed by atoms with E-state index in [1.807, 2.05) is 24.8 Å². The van der Waals surface area contributed by atoms with Crippen molar-refractivity contribution in [3.63, 3.8) is 0 Å². The predicted molar refractivity (Wildman–Crippen MR) is 146 cm³/mol. The normalized spacial score (nSPS) is 31.6. The fraction of sp³-hybridized carbons (Fsp3) is 0.483. The summed E-state index contributed by atoms with van der Waals surface area (Å²) in [5, 5.41) is 1.19. The Hall–Kier alpha value is -1.92. The van der Waals surface area contributed by atoms with Crippen LogP contribution in [0, 0.1) is 17.8 Å². The van der Waals surface area contributed by atoms with E-state index in [2.05, 4.69) is 62.2 Å². The third-order valence-corrected chi connectivity index (χ3v) is 10.8. The molecule has 4 nitrogen and oxygen atoms in total. The van der Waals surface area contributed by atoms with Crippen molar-refractivity contribution in [1.29, 1.82) is 0 Å². The maximum absolute atomic E-state index is 13.7. The quantitative estimate of drug-likeness (QED) is 0.356. The van der Waals surface area contributed by atoms with Crippen LogP contribution in [-0.4, -0.2) is 33.7 Å². The topological polar surface area (TPSA) is 45.3 Å². The van der Waals surface area contributed by atoms with Crippen molar-refractivity contribution in [2.24, 2.45) is 17.8 Å². The molecule has 8 rings (SSSR count). The Labute approximate surface area is 219 Å². The molecule has 2 aromatic carbocycles. The molecule has 2 heterocycles. The molecule has 35 heavy (non-hydrogen) atoms. The van der Waals surface area contributed by atoms with Gasteiger partial charge in [-0.05, 0) is 87.5 Å². The van der Waals surface area contributed by atoms with Crippen molar-refractivity contribution in [3.8, 4) is 17.0 Å². The summed E-state index contributed by atoms with van der Waals surface area (Å²) in [7, 11) is 0. The van der Waals surface area contributed by atoms with Crippen LogP contribution in [-0.2, 0) is 4.79 Å². The highest BCUT2D eigenvalue weighted by Crippen LogP contribution is 2.62. The number of rotatable bonds is 5. The number of hydrogen-bond acceptors (Lipinski definition) is 3. The molecule has 4 bridgehead atoms. The van der Waals surface area contributed by atoms with E-state index in [1.54, 1.807) is 0 Å². The predicted octanol–water partition coefficient (Wildman–Crippen LogP) is 7.54. The first-order valence-electron chi connectivity index (χ1n) is 13.0. The number of nitrogens with one attached hydrogen (secondary N) is 1. The van der Waals surface area contributed by atoms with Crippen molar-refractivity contribution in [3.05, 3.63) is 52.5 Å². The molecule has 1 aliphatic heterocycles. The molecule has 5 fully saturated rings. The second-order valence-electron chi connectivity index (χ2n) is 11.1. The summed E-state index contributed by atoms with van der Waals surface area (Å²) in [6.07, 6.45) is 7.72. The van der Waals surface area contributed by atoms with Gasteiger partial charge in [0.25, 0.3) is 0 Å². The average Bonchev–Trinajstić information content (AvgIpc) is 3.39. The van der Waals surface area contributed by atoms with Crippen LogP contribution in [0.2, 0.25) is 0 Å². The van der Waals surface area contributed by atoms with Gasteiger partial charge in [0.15, 0.2) is 0 Å². The number of benzene rings is 2. The molecule has 0 radical (unpaired) electrons. The molecule has 0 spiro atoms. The molecule has 4 saturated carbocycles. The second kappa shape index (κ2) is 8.31. The molecule has 1 saturated heterocycles. The highest BCUT2D eigenvalue weighted by molar-refractivity contribution is 9.10. The van der Waals surface area contributed by atoms with E-state index in [0.29, 0.717) is 18.3 Å². The fourth-order valence-electron chi connectivity index (χ4n) is 8.09. The van der Waals surface area contributed by atoms with Crippen molar-refractivity contribution < 1.29 is 9.53 Å². The van der Waals surface area contributed by atoms with Gasteiger partial charge in [-0.1, -0.05) is 34.1 Å². The minimum Gasteiger partial charge on any atom is -0.494 e. The number of fused-ring (bicyclic) bond motifs is 1. The third kappa shape index (κ3) is 3.50. The van der Waals surface area contributed by atoms with Gasteiger partial charge in [-0.3, -0.25) is 4.79 Å². The lowest BCUT2D eigenvalue weighted by atomic mass is 9.52. The zero-order chi connectivity index (χ0) is 23.7. The molecule has 5 aliphatic rings. The minimum absolute atomic E-state index is 0.0199. The minimum atomic E-state index is 0.0199. The third-order valence-electron chi connectivity index (χ3n) is 8.90. The number of aromatic nitrogens is 1. The van der Waals surface area contributed by atoms with Crippen molar-refractivity contribution in [1.82, 2.24) is 9.88 Å². The largest absolute Gasteiger partial charge is 0.494 e. The summed E-state index contributed by atoms with van der Waals surface area (Å²) in [6.45, 7) is 2.66. The molecule has 1 N–H and O–H groups in total. The highest BCUT2D eigenvalue weighted by Gasteiger charge is 2.58. The van der Waals surface area contributed by atoms with Crippen LogP contribution in [0.15, 0.2) is 46.9 Å². The lowest BCUT2D eigenvalue weighted by molar-refractivity contribution is -0.148. The van der Waals surface area contributed by atoms with Gasteiger partial charge in [0.05, 0.1) is 18.1 Å². The van der Waals surface area contributed by atoms with Crippen LogP contribution < -0.4 is 4.74 Å². The summed E-state index contributed by atoms with van der Waals surface area (Å²) in [5.74, 6) is 4.19. The summed E-state index contributed by atoms with van der Waals surface area (Å²) in [4.78, 5) is 19.8. The summed E-state index contributed by atoms with van der Waals surface area (Å²) >= 11 is 5.61. The smallest absolute Gasteiger partial charge is 0.234 e. The Bertz CT molecular complexity index is 1280. The highest BCUT2D eigenvalue weighted by atomic mass is 79.9. The Morgan fingerprint density at radius 1 is 1.09 bits per heavy atom. The molecule has 6 heteroatoms. The monoisotopic (exact) mass is 550 g/mol. The van der Waals surface area contributed by atoms with Crippen LogP contribution in [0.4, 0.5) is 0 Å². The van der Waals surface area contributed by atoms with E-state index in [1.165, 1.54) is 49.5 Å². The summed E-state index contributed by atoms with van der Waals surface area (Å²) < 4.78 is 6.97. The Kier molecular flexibility index (Phi) is 5.29. The zero-order valence-corrected chi connectivity index (χ0v) is 22.5. The molecule has 3 aromatic rings. The molecule has 1 amide bonds. The van der Waals surface area contributed by atoms with Gasteiger partial charge in [-0.2, -0.15) is 0 Å². The number of carbonyl (C=O) groups excluding carboxylic acids is 1. The number of hydrogen-bond donors (Lipinski definition) is 1. The van der Waals surface area contributed by atoms with Gasteiger partial charge in [-0.15, -0.1) is 11.8 Å². The molecular formula is C29H31BrN2O2S. The summed E-state index contributed by atoms with van der Waals surface area (Å²) in [6, 6.07) is 14.7. The molecule has 4 aliphatic carbocycles. The summed E-state index contributed by atoms with van der Waals surface area (Å²) in [5.41, 5.74) is 4.62. The number of aromatic amines is 1. The first kappa shape index (κ1) is 22.3. The number of amides is 1. The van der Waals surface area contributed by atoms with Crippen molar-refractivity contribution in [2.75, 3.05) is 12.4 Å². The van der Waals surface area contributed by atoms with Crippen molar-refractivity contribution in [2.45, 2.75) is 56.4 Å². The number of halogens is 1. The molecular weight excluding hydrogens is 520 g/mol.